The predicted molar refractivity (Wildman–Crippen MR) is 158 cm³/mol. The lowest BCUT2D eigenvalue weighted by atomic mass is 9.97. The van der Waals surface area contributed by atoms with Crippen LogP contribution in [0, 0.1) is 5.41 Å². The van der Waals surface area contributed by atoms with E-state index in [1.54, 1.807) is 10.9 Å². The van der Waals surface area contributed by atoms with Gasteiger partial charge in [-0.25, -0.2) is 15.0 Å². The molecule has 1 saturated heterocycles. The number of hydrogen-bond acceptors (Lipinski definition) is 9. The Morgan fingerprint density at radius 1 is 0.949 bits per heavy atom. The number of esters is 1. The van der Waals surface area contributed by atoms with Gasteiger partial charge in [-0.15, -0.1) is 0 Å². The van der Waals surface area contributed by atoms with Crippen molar-refractivity contribution in [3.8, 4) is 0 Å². The first kappa shape index (κ1) is 31.7. The van der Waals surface area contributed by atoms with Crippen molar-refractivity contribution < 1.29 is 23.1 Å². The lowest BCUT2D eigenvalue weighted by molar-refractivity contribution is -0.167. The van der Waals surface area contributed by atoms with Crippen LogP contribution in [0.5, 0.6) is 0 Å². The maximum Gasteiger partial charge on any atom is 0.311 e. The first-order chi connectivity index (χ1) is 17.6. The molecule has 2 aromatic rings. The van der Waals surface area contributed by atoms with E-state index in [1.807, 2.05) is 20.8 Å². The van der Waals surface area contributed by atoms with E-state index in [2.05, 4.69) is 82.7 Å². The third-order valence-corrected chi connectivity index (χ3v) is 17.4. The molecule has 2 N–H and O–H groups in total. The Labute approximate surface area is 235 Å². The van der Waals surface area contributed by atoms with Gasteiger partial charge in [-0.3, -0.25) is 9.36 Å². The normalized spacial score (nSPS) is 23.4. The van der Waals surface area contributed by atoms with Crippen molar-refractivity contribution in [1.82, 2.24) is 19.5 Å². The van der Waals surface area contributed by atoms with E-state index in [1.165, 1.54) is 6.33 Å². The van der Waals surface area contributed by atoms with Gasteiger partial charge in [0.05, 0.1) is 18.3 Å². The average molecular weight is 580 g/mol. The lowest BCUT2D eigenvalue weighted by Crippen LogP contribution is -2.52. The standard InChI is InChI=1S/C27H49N5O5Si2/c1-25(2,3)24(33)36-20-19(37-39(12,13)27(7,8)9)17(14-34-38(10,11)26(4,5)6)35-23(20)32-16-31-18-21(28)29-15-30-22(18)32/h15-17,19-20,23H,14H2,1-13H3,(H2,28,29,30)/t17-,19-,20+,23+/m1/s1. The summed E-state index contributed by atoms with van der Waals surface area (Å²) in [6.07, 6.45) is 0.476. The zero-order valence-electron chi connectivity index (χ0n) is 26.1. The predicted octanol–water partition coefficient (Wildman–Crippen LogP) is 5.68. The number of nitrogens with zero attached hydrogens (tertiary/aromatic N) is 4. The van der Waals surface area contributed by atoms with Gasteiger partial charge in [-0.1, -0.05) is 41.5 Å². The molecule has 0 aliphatic carbocycles. The minimum absolute atomic E-state index is 0.0217. The zero-order valence-corrected chi connectivity index (χ0v) is 28.1. The van der Waals surface area contributed by atoms with Crippen LogP contribution in [0.3, 0.4) is 0 Å². The van der Waals surface area contributed by atoms with Crippen molar-refractivity contribution in [2.75, 3.05) is 12.3 Å². The highest BCUT2D eigenvalue weighted by atomic mass is 28.4. The molecule has 1 fully saturated rings. The SMILES string of the molecule is CC(C)(C)C(=O)O[C@H]1[C@H](O[Si](C)(C)C(C)(C)C)[C@@H](CO[Si](C)(C)C(C)(C)C)O[C@@H]1n1cnc2c(N)ncnc21. The molecular formula is C27H49N5O5Si2. The van der Waals surface area contributed by atoms with E-state index in [0.717, 1.165) is 0 Å². The monoisotopic (exact) mass is 579 g/mol. The van der Waals surface area contributed by atoms with Crippen molar-refractivity contribution in [3.63, 3.8) is 0 Å². The second-order valence-electron chi connectivity index (χ2n) is 14.7. The molecule has 0 bridgehead atoms. The zero-order chi connectivity index (χ0) is 29.8. The van der Waals surface area contributed by atoms with Crippen LogP contribution >= 0.6 is 0 Å². The fraction of sp³-hybridized carbons (Fsp3) is 0.778. The van der Waals surface area contributed by atoms with Crippen molar-refractivity contribution in [2.24, 2.45) is 5.41 Å². The number of hydrogen-bond donors (Lipinski definition) is 1. The van der Waals surface area contributed by atoms with Gasteiger partial charge < -0.3 is 24.1 Å². The number of carbonyl (C=O) groups is 1. The van der Waals surface area contributed by atoms with Crippen LogP contribution in [0.2, 0.25) is 36.3 Å². The van der Waals surface area contributed by atoms with E-state index in [-0.39, 0.29) is 21.9 Å². The number of nitrogens with two attached hydrogens (primary N) is 1. The highest BCUT2D eigenvalue weighted by Crippen LogP contribution is 2.44. The van der Waals surface area contributed by atoms with E-state index in [9.17, 15) is 4.79 Å². The van der Waals surface area contributed by atoms with E-state index in [4.69, 9.17) is 24.1 Å². The van der Waals surface area contributed by atoms with Gasteiger partial charge in [-0.2, -0.15) is 0 Å². The van der Waals surface area contributed by atoms with Crippen molar-refractivity contribution >= 4 is 39.6 Å². The molecule has 1 aliphatic heterocycles. The largest absolute Gasteiger partial charge is 0.454 e. The number of fused-ring (bicyclic) bond motifs is 1. The van der Waals surface area contributed by atoms with Crippen LogP contribution < -0.4 is 5.73 Å². The first-order valence-electron chi connectivity index (χ1n) is 13.7. The first-order valence-corrected chi connectivity index (χ1v) is 19.5. The molecule has 0 spiro atoms. The summed E-state index contributed by atoms with van der Waals surface area (Å²) in [5, 5.41) is -0.0498. The Balaban J connectivity index is 2.11. The summed E-state index contributed by atoms with van der Waals surface area (Å²) in [6, 6.07) is 0. The summed E-state index contributed by atoms with van der Waals surface area (Å²) in [4.78, 5) is 26.2. The second-order valence-corrected chi connectivity index (χ2v) is 24.2. The van der Waals surface area contributed by atoms with E-state index >= 15 is 0 Å². The number of nitrogen functional groups attached to an aromatic ring is 1. The molecule has 39 heavy (non-hydrogen) atoms. The van der Waals surface area contributed by atoms with Gasteiger partial charge in [0.25, 0.3) is 0 Å². The Hall–Kier alpha value is -1.87. The van der Waals surface area contributed by atoms with Crippen LogP contribution in [0.15, 0.2) is 12.7 Å². The molecule has 0 aromatic carbocycles. The molecular weight excluding hydrogens is 530 g/mol. The van der Waals surface area contributed by atoms with Crippen LogP contribution in [-0.2, 0) is 23.1 Å². The summed E-state index contributed by atoms with van der Waals surface area (Å²) >= 11 is 0. The van der Waals surface area contributed by atoms with Crippen LogP contribution in [-0.4, -0.2) is 67.0 Å². The molecule has 4 atom stereocenters. The van der Waals surface area contributed by atoms with Crippen LogP contribution in [0.25, 0.3) is 11.2 Å². The minimum atomic E-state index is -2.33. The van der Waals surface area contributed by atoms with Gasteiger partial charge in [0, 0.05) is 0 Å². The number of ether oxygens (including phenoxy) is 2. The molecule has 10 nitrogen and oxygen atoms in total. The molecule has 0 saturated carbocycles. The molecule has 2 aromatic heterocycles. The van der Waals surface area contributed by atoms with Gasteiger partial charge in [0.2, 0.25) is 0 Å². The van der Waals surface area contributed by atoms with E-state index < -0.39 is 46.6 Å². The van der Waals surface area contributed by atoms with Gasteiger partial charge >= 0.3 is 5.97 Å². The quantitative estimate of drug-likeness (QED) is 0.326. The molecule has 12 heteroatoms. The van der Waals surface area contributed by atoms with E-state index in [0.29, 0.717) is 17.8 Å². The third kappa shape index (κ3) is 6.56. The smallest absolute Gasteiger partial charge is 0.311 e. The van der Waals surface area contributed by atoms with Gasteiger partial charge in [0.1, 0.15) is 24.1 Å². The Bertz CT molecular complexity index is 1180. The molecule has 3 rings (SSSR count). The fourth-order valence-electron chi connectivity index (χ4n) is 3.71. The maximum atomic E-state index is 13.3. The van der Waals surface area contributed by atoms with Crippen LogP contribution in [0.1, 0.15) is 68.5 Å². The highest BCUT2D eigenvalue weighted by Gasteiger charge is 2.54. The lowest BCUT2D eigenvalue weighted by Gasteiger charge is -2.41. The number of carbonyl (C=O) groups excluding carboxylic acids is 1. The Kier molecular flexibility index (Phi) is 8.53. The Morgan fingerprint density at radius 2 is 1.54 bits per heavy atom. The Morgan fingerprint density at radius 3 is 2.08 bits per heavy atom. The number of aromatic nitrogens is 4. The van der Waals surface area contributed by atoms with Crippen molar-refractivity contribution in [2.45, 2.75) is 123 Å². The van der Waals surface area contributed by atoms with Gasteiger partial charge in [-0.05, 0) is 57.0 Å². The summed E-state index contributed by atoms with van der Waals surface area (Å²) in [5.41, 5.74) is 6.32. The van der Waals surface area contributed by atoms with Crippen molar-refractivity contribution in [3.05, 3.63) is 12.7 Å². The summed E-state index contributed by atoms with van der Waals surface area (Å²) in [5.74, 6) is -0.0682. The number of anilines is 1. The maximum absolute atomic E-state index is 13.3. The number of imidazole rings is 1. The summed E-state index contributed by atoms with van der Waals surface area (Å²) in [6.45, 7) is 27.8. The average Bonchev–Trinajstić information content (AvgIpc) is 3.32. The third-order valence-electron chi connectivity index (χ3n) is 8.45. The second kappa shape index (κ2) is 10.5. The fourth-order valence-corrected chi connectivity index (χ4v) is 6.05. The van der Waals surface area contributed by atoms with Crippen LogP contribution in [0.4, 0.5) is 5.82 Å². The minimum Gasteiger partial charge on any atom is -0.454 e. The van der Waals surface area contributed by atoms with Crippen molar-refractivity contribution in [1.29, 1.82) is 0 Å². The number of rotatable bonds is 7. The highest BCUT2D eigenvalue weighted by molar-refractivity contribution is 6.74. The molecule has 1 aliphatic rings. The molecule has 3 heterocycles. The summed E-state index contributed by atoms with van der Waals surface area (Å²) in [7, 11) is -4.43. The summed E-state index contributed by atoms with van der Waals surface area (Å²) < 4.78 is 28.4. The molecule has 220 valence electrons. The molecule has 0 unspecified atom stereocenters. The molecule has 0 radical (unpaired) electrons. The molecule has 0 amide bonds. The van der Waals surface area contributed by atoms with Gasteiger partial charge in [0.15, 0.2) is 40.4 Å². The topological polar surface area (TPSA) is 124 Å².